The van der Waals surface area contributed by atoms with Crippen molar-refractivity contribution < 1.29 is 9.53 Å². The number of azo groups is 1. The van der Waals surface area contributed by atoms with Crippen molar-refractivity contribution in [2.24, 2.45) is 10.2 Å². The Balaban J connectivity index is 1.35. The number of hydrogen-bond donors (Lipinski definition) is 0. The Morgan fingerprint density at radius 2 is 1.07 bits per heavy atom. The van der Waals surface area contributed by atoms with Crippen LogP contribution in [-0.4, -0.2) is 26.0 Å². The second-order valence-corrected chi connectivity index (χ2v) is 9.63. The van der Waals surface area contributed by atoms with Crippen LogP contribution in [-0.2, 0) is 10.3 Å². The average molecular weight is 540 g/mol. The Bertz CT molecular complexity index is 1440. The summed E-state index contributed by atoms with van der Waals surface area (Å²) >= 11 is 0. The first kappa shape index (κ1) is 27.7. The zero-order valence-corrected chi connectivity index (χ0v) is 23.1. The molecule has 0 saturated carbocycles. The lowest BCUT2D eigenvalue weighted by Gasteiger charge is -2.37. The molecule has 0 bridgehead atoms. The van der Waals surface area contributed by atoms with E-state index in [1.165, 1.54) is 0 Å². The van der Waals surface area contributed by atoms with Crippen LogP contribution in [0.15, 0.2) is 150 Å². The number of anilines is 1. The van der Waals surface area contributed by atoms with Gasteiger partial charge in [-0.2, -0.15) is 10.2 Å². The number of hydrogen-bond acceptors (Lipinski definition) is 5. The van der Waals surface area contributed by atoms with Crippen LogP contribution in [0, 0.1) is 0 Å². The van der Waals surface area contributed by atoms with E-state index in [0.717, 1.165) is 40.9 Å². The summed E-state index contributed by atoms with van der Waals surface area (Å²) in [6, 6.07) is 46.4. The molecule has 5 aromatic rings. The summed E-state index contributed by atoms with van der Waals surface area (Å²) in [6.45, 7) is 4.22. The molecule has 0 aromatic heterocycles. The number of carbonyl (C=O) groups is 1. The van der Waals surface area contributed by atoms with E-state index >= 15 is 0 Å². The first-order valence-corrected chi connectivity index (χ1v) is 13.9. The highest BCUT2D eigenvalue weighted by Crippen LogP contribution is 2.40. The van der Waals surface area contributed by atoms with Crippen LogP contribution in [0.1, 0.15) is 34.0 Å². The van der Waals surface area contributed by atoms with E-state index in [4.69, 9.17) is 4.74 Å². The fourth-order valence-corrected chi connectivity index (χ4v) is 5.01. The standard InChI is InChI=1S/C36H33N3O2/c1-2-39(35-24-22-34(23-25-35)38-37-33-20-18-29(28-40)19-21-33)26-27-41-36(30-12-6-3-7-13-30,31-14-8-4-9-15-31)32-16-10-5-11-17-32/h3-25,28H,2,26-27H2,1H3. The molecule has 0 atom stereocenters. The van der Waals surface area contributed by atoms with Crippen molar-refractivity contribution in [3.05, 3.63) is 162 Å². The number of ether oxygens (including phenoxy) is 1. The molecule has 5 nitrogen and oxygen atoms in total. The largest absolute Gasteiger partial charge is 0.369 e. The van der Waals surface area contributed by atoms with Gasteiger partial charge >= 0.3 is 0 Å². The highest BCUT2D eigenvalue weighted by molar-refractivity contribution is 5.75. The van der Waals surface area contributed by atoms with Gasteiger partial charge in [0.15, 0.2) is 0 Å². The van der Waals surface area contributed by atoms with Gasteiger partial charge in [0.1, 0.15) is 11.9 Å². The second-order valence-electron chi connectivity index (χ2n) is 9.63. The number of aldehydes is 1. The molecule has 5 rings (SSSR count). The maximum absolute atomic E-state index is 10.9. The third kappa shape index (κ3) is 6.48. The summed E-state index contributed by atoms with van der Waals surface area (Å²) in [6.07, 6.45) is 0.815. The Morgan fingerprint density at radius 1 is 0.634 bits per heavy atom. The topological polar surface area (TPSA) is 54.3 Å². The van der Waals surface area contributed by atoms with Gasteiger partial charge in [-0.1, -0.05) is 91.0 Å². The zero-order valence-electron chi connectivity index (χ0n) is 23.1. The summed E-state index contributed by atoms with van der Waals surface area (Å²) in [4.78, 5) is 13.1. The minimum Gasteiger partial charge on any atom is -0.369 e. The van der Waals surface area contributed by atoms with Gasteiger partial charge in [-0.3, -0.25) is 4.79 Å². The van der Waals surface area contributed by atoms with E-state index in [1.807, 2.05) is 30.3 Å². The van der Waals surface area contributed by atoms with Crippen molar-refractivity contribution >= 4 is 23.3 Å². The molecule has 0 heterocycles. The molecular weight excluding hydrogens is 506 g/mol. The minimum atomic E-state index is -0.739. The molecule has 0 aliphatic heterocycles. The van der Waals surface area contributed by atoms with E-state index in [-0.39, 0.29) is 0 Å². The van der Waals surface area contributed by atoms with Gasteiger partial charge in [-0.25, -0.2) is 0 Å². The fourth-order valence-electron chi connectivity index (χ4n) is 5.01. The van der Waals surface area contributed by atoms with Crippen molar-refractivity contribution in [3.8, 4) is 0 Å². The van der Waals surface area contributed by atoms with Gasteiger partial charge in [-0.05, 0) is 72.1 Å². The van der Waals surface area contributed by atoms with E-state index in [2.05, 4.69) is 107 Å². The Morgan fingerprint density at radius 3 is 1.49 bits per heavy atom. The van der Waals surface area contributed by atoms with Gasteiger partial charge in [0, 0.05) is 24.3 Å². The molecule has 0 radical (unpaired) electrons. The molecular formula is C36H33N3O2. The van der Waals surface area contributed by atoms with Gasteiger partial charge in [0.05, 0.1) is 18.0 Å². The lowest BCUT2D eigenvalue weighted by molar-refractivity contribution is 0.0173. The van der Waals surface area contributed by atoms with Crippen LogP contribution in [0.3, 0.4) is 0 Å². The molecule has 0 spiro atoms. The molecule has 0 aliphatic rings. The smallest absolute Gasteiger partial charge is 0.150 e. The Labute approximate surface area is 241 Å². The number of nitrogens with zero attached hydrogens (tertiary/aromatic N) is 3. The van der Waals surface area contributed by atoms with Crippen molar-refractivity contribution in [2.45, 2.75) is 12.5 Å². The number of rotatable bonds is 12. The molecule has 0 saturated heterocycles. The summed E-state index contributed by atoms with van der Waals surface area (Å²) in [5.41, 5.74) is 5.71. The summed E-state index contributed by atoms with van der Waals surface area (Å²) in [5, 5.41) is 8.63. The number of likely N-dealkylation sites (N-methyl/N-ethyl adjacent to an activating group) is 1. The molecule has 0 N–H and O–H groups in total. The summed E-state index contributed by atoms with van der Waals surface area (Å²) in [5.74, 6) is 0. The van der Waals surface area contributed by atoms with Crippen molar-refractivity contribution in [2.75, 3.05) is 24.6 Å². The van der Waals surface area contributed by atoms with Crippen LogP contribution < -0.4 is 4.90 Å². The Kier molecular flexibility index (Phi) is 9.09. The van der Waals surface area contributed by atoms with E-state index in [1.54, 1.807) is 24.3 Å². The number of carbonyl (C=O) groups excluding carboxylic acids is 1. The van der Waals surface area contributed by atoms with Crippen molar-refractivity contribution in [1.29, 1.82) is 0 Å². The molecule has 5 heteroatoms. The summed E-state index contributed by atoms with van der Waals surface area (Å²) in [7, 11) is 0. The molecule has 0 amide bonds. The van der Waals surface area contributed by atoms with Gasteiger partial charge in [0.2, 0.25) is 0 Å². The third-order valence-electron chi connectivity index (χ3n) is 7.13. The molecule has 0 aliphatic carbocycles. The van der Waals surface area contributed by atoms with Crippen LogP contribution in [0.25, 0.3) is 0 Å². The second kappa shape index (κ2) is 13.5. The van der Waals surface area contributed by atoms with Gasteiger partial charge in [-0.15, -0.1) is 0 Å². The highest BCUT2D eigenvalue weighted by atomic mass is 16.5. The normalized spacial score (nSPS) is 11.4. The van der Waals surface area contributed by atoms with E-state index < -0.39 is 5.60 Å². The minimum absolute atomic E-state index is 0.519. The van der Waals surface area contributed by atoms with E-state index in [0.29, 0.717) is 24.4 Å². The Hall–Kier alpha value is -4.87. The first-order chi connectivity index (χ1) is 20.2. The van der Waals surface area contributed by atoms with Gasteiger partial charge < -0.3 is 9.64 Å². The van der Waals surface area contributed by atoms with Crippen LogP contribution in [0.2, 0.25) is 0 Å². The van der Waals surface area contributed by atoms with Crippen LogP contribution in [0.4, 0.5) is 17.1 Å². The molecule has 5 aromatic carbocycles. The highest BCUT2D eigenvalue weighted by Gasteiger charge is 2.37. The lowest BCUT2D eigenvalue weighted by Crippen LogP contribution is -2.36. The van der Waals surface area contributed by atoms with Crippen LogP contribution >= 0.6 is 0 Å². The van der Waals surface area contributed by atoms with Crippen molar-refractivity contribution in [3.63, 3.8) is 0 Å². The first-order valence-electron chi connectivity index (χ1n) is 13.9. The number of benzene rings is 5. The predicted octanol–water partition coefficient (Wildman–Crippen LogP) is 8.75. The SMILES string of the molecule is CCN(CCOC(c1ccccc1)(c1ccccc1)c1ccccc1)c1ccc(N=Nc2ccc(C=O)cc2)cc1. The molecule has 41 heavy (non-hydrogen) atoms. The molecule has 0 fully saturated rings. The van der Waals surface area contributed by atoms with E-state index in [9.17, 15) is 4.79 Å². The molecule has 0 unspecified atom stereocenters. The fraction of sp³-hybridized carbons (Fsp3) is 0.139. The quantitative estimate of drug-likeness (QED) is 0.0905. The van der Waals surface area contributed by atoms with Crippen LogP contribution in [0.5, 0.6) is 0 Å². The zero-order chi connectivity index (χ0) is 28.3. The summed E-state index contributed by atoms with van der Waals surface area (Å²) < 4.78 is 6.97. The third-order valence-corrected chi connectivity index (χ3v) is 7.13. The maximum atomic E-state index is 10.9. The monoisotopic (exact) mass is 539 g/mol. The van der Waals surface area contributed by atoms with Gasteiger partial charge in [0.25, 0.3) is 0 Å². The maximum Gasteiger partial charge on any atom is 0.150 e. The van der Waals surface area contributed by atoms with Crippen molar-refractivity contribution in [1.82, 2.24) is 0 Å². The molecule has 204 valence electrons. The average Bonchev–Trinajstić information content (AvgIpc) is 3.06. The predicted molar refractivity (Wildman–Crippen MR) is 165 cm³/mol. The lowest BCUT2D eigenvalue weighted by atomic mass is 9.80.